The molecule has 0 bridgehead atoms. The lowest BCUT2D eigenvalue weighted by molar-refractivity contribution is -0.124. The van der Waals surface area contributed by atoms with Gasteiger partial charge in [0.2, 0.25) is 0 Å². The molecule has 7 heteroatoms. The normalized spacial score (nSPS) is 9.92. The molecule has 3 N–H and O–H groups in total. The van der Waals surface area contributed by atoms with Crippen LogP contribution in [0.3, 0.4) is 0 Å². The Labute approximate surface area is 152 Å². The number of carbonyl (C=O) groups is 1. The van der Waals surface area contributed by atoms with Gasteiger partial charge >= 0.3 is 0 Å². The van der Waals surface area contributed by atoms with E-state index in [4.69, 9.17) is 21.5 Å². The van der Waals surface area contributed by atoms with E-state index >= 15 is 0 Å². The first-order valence-corrected chi connectivity index (χ1v) is 8.26. The molecule has 134 valence electrons. The minimum absolute atomic E-state index is 0.427. The van der Waals surface area contributed by atoms with Crippen LogP contribution in [0.4, 0.5) is 5.82 Å². The molecule has 0 aliphatic heterocycles. The van der Waals surface area contributed by atoms with Crippen molar-refractivity contribution in [1.82, 2.24) is 10.5 Å². The van der Waals surface area contributed by atoms with E-state index in [0.717, 1.165) is 5.75 Å². The molecule has 0 saturated heterocycles. The van der Waals surface area contributed by atoms with Crippen molar-refractivity contribution in [2.75, 3.05) is 18.5 Å². The summed E-state index contributed by atoms with van der Waals surface area (Å²) >= 11 is 6.12. The average Bonchev–Trinajstić information content (AvgIpc) is 2.67. The van der Waals surface area contributed by atoms with Gasteiger partial charge in [-0.15, -0.1) is 0 Å². The molecule has 0 aliphatic carbocycles. The highest BCUT2D eigenvalue weighted by Crippen LogP contribution is 2.20. The van der Waals surface area contributed by atoms with Gasteiger partial charge in [-0.2, -0.15) is 0 Å². The Bertz CT molecular complexity index is 679. The third-order valence-corrected chi connectivity index (χ3v) is 3.09. The summed E-state index contributed by atoms with van der Waals surface area (Å²) in [6.45, 7) is 5.02. The zero-order chi connectivity index (χ0) is 18.5. The van der Waals surface area contributed by atoms with Crippen LogP contribution in [0.15, 0.2) is 48.7 Å². The van der Waals surface area contributed by atoms with E-state index in [1.54, 1.807) is 12.3 Å². The van der Waals surface area contributed by atoms with E-state index in [0.29, 0.717) is 29.6 Å². The summed E-state index contributed by atoms with van der Waals surface area (Å²) in [5.74, 6) is 0.712. The number of amides is 1. The topological polar surface area (TPSA) is 83.5 Å². The van der Waals surface area contributed by atoms with Gasteiger partial charge in [0.1, 0.15) is 18.2 Å². The summed E-state index contributed by atoms with van der Waals surface area (Å²) in [5, 5.41) is 11.9. The maximum atomic E-state index is 10.9. The average molecular weight is 364 g/mol. The minimum Gasteiger partial charge on any atom is -0.492 e. The van der Waals surface area contributed by atoms with Crippen LogP contribution in [0.5, 0.6) is 5.75 Å². The van der Waals surface area contributed by atoms with Crippen molar-refractivity contribution in [3.05, 3.63) is 59.3 Å². The predicted octanol–water partition coefficient (Wildman–Crippen LogP) is 3.77. The van der Waals surface area contributed by atoms with Gasteiger partial charge in [-0.3, -0.25) is 10.0 Å². The van der Waals surface area contributed by atoms with Crippen LogP contribution in [0.1, 0.15) is 19.4 Å². The third kappa shape index (κ3) is 7.69. The van der Waals surface area contributed by atoms with Crippen molar-refractivity contribution < 1.29 is 14.7 Å². The van der Waals surface area contributed by atoms with Gasteiger partial charge in [-0.25, -0.2) is 10.5 Å². The number of hydroxylamine groups is 1. The number of pyridine rings is 1. The summed E-state index contributed by atoms with van der Waals surface area (Å²) in [6.07, 6.45) is 4.23. The summed E-state index contributed by atoms with van der Waals surface area (Å²) in [5.41, 5.74) is 2.15. The van der Waals surface area contributed by atoms with Crippen LogP contribution in [-0.2, 0) is 4.79 Å². The SMILES string of the molecule is CC.O=C(/C=C/c1cnc(NCCOc2ccccc2)c(Cl)c1)NO. The van der Waals surface area contributed by atoms with Crippen LogP contribution in [0.2, 0.25) is 5.02 Å². The smallest absolute Gasteiger partial charge is 0.267 e. The molecule has 25 heavy (non-hydrogen) atoms. The Hall–Kier alpha value is -2.57. The largest absolute Gasteiger partial charge is 0.492 e. The molecule has 2 rings (SSSR count). The van der Waals surface area contributed by atoms with Crippen LogP contribution < -0.4 is 15.5 Å². The fraction of sp³-hybridized carbons (Fsp3) is 0.222. The van der Waals surface area contributed by atoms with Gasteiger partial charge in [0.25, 0.3) is 5.91 Å². The summed E-state index contributed by atoms with van der Waals surface area (Å²) in [4.78, 5) is 15.1. The second-order valence-electron chi connectivity index (χ2n) is 4.50. The quantitative estimate of drug-likeness (QED) is 0.302. The van der Waals surface area contributed by atoms with Crippen molar-refractivity contribution in [2.45, 2.75) is 13.8 Å². The second kappa shape index (κ2) is 11.9. The zero-order valence-electron chi connectivity index (χ0n) is 14.2. The number of benzene rings is 1. The molecule has 1 aromatic carbocycles. The Morgan fingerprint density at radius 3 is 2.68 bits per heavy atom. The number of aromatic nitrogens is 1. The first-order valence-electron chi connectivity index (χ1n) is 7.88. The third-order valence-electron chi connectivity index (χ3n) is 2.81. The highest BCUT2D eigenvalue weighted by molar-refractivity contribution is 6.33. The second-order valence-corrected chi connectivity index (χ2v) is 4.90. The fourth-order valence-corrected chi connectivity index (χ4v) is 1.98. The summed E-state index contributed by atoms with van der Waals surface area (Å²) < 4.78 is 5.56. The van der Waals surface area contributed by atoms with Gasteiger partial charge in [0.05, 0.1) is 11.6 Å². The minimum atomic E-state index is -0.624. The standard InChI is InChI=1S/C16H16ClN3O3.C2H6/c17-14-10-12(6-7-15(21)20-22)11-19-16(14)18-8-9-23-13-4-2-1-3-5-13;1-2/h1-7,10-11,22H,8-9H2,(H,18,19)(H,20,21);1-2H3/b7-6+;. The number of hydrogen-bond acceptors (Lipinski definition) is 5. The lowest BCUT2D eigenvalue weighted by Gasteiger charge is -2.09. The van der Waals surface area contributed by atoms with Crippen molar-refractivity contribution in [2.24, 2.45) is 0 Å². The highest BCUT2D eigenvalue weighted by Gasteiger charge is 2.02. The first kappa shape index (κ1) is 20.5. The van der Waals surface area contributed by atoms with E-state index in [9.17, 15) is 4.79 Å². The zero-order valence-corrected chi connectivity index (χ0v) is 15.0. The summed E-state index contributed by atoms with van der Waals surface area (Å²) in [6, 6.07) is 11.2. The Morgan fingerprint density at radius 2 is 2.04 bits per heavy atom. The number of anilines is 1. The molecule has 1 aromatic heterocycles. The van der Waals surface area contributed by atoms with E-state index in [1.807, 2.05) is 44.2 Å². The molecule has 0 radical (unpaired) electrons. The maximum absolute atomic E-state index is 10.9. The molecule has 0 atom stereocenters. The molecule has 0 fully saturated rings. The lowest BCUT2D eigenvalue weighted by Crippen LogP contribution is -2.14. The molecular formula is C18H22ClN3O3. The van der Waals surface area contributed by atoms with Crippen molar-refractivity contribution in [3.63, 3.8) is 0 Å². The number of carbonyl (C=O) groups excluding carboxylic acids is 1. The van der Waals surface area contributed by atoms with Gasteiger partial charge in [0.15, 0.2) is 0 Å². The van der Waals surface area contributed by atoms with E-state index in [-0.39, 0.29) is 0 Å². The van der Waals surface area contributed by atoms with Crippen LogP contribution in [-0.4, -0.2) is 29.3 Å². The van der Waals surface area contributed by atoms with Crippen molar-refractivity contribution in [3.8, 4) is 5.75 Å². The molecule has 0 saturated carbocycles. The van der Waals surface area contributed by atoms with Gasteiger partial charge in [0, 0.05) is 12.3 Å². The van der Waals surface area contributed by atoms with Crippen LogP contribution in [0, 0.1) is 0 Å². The lowest BCUT2D eigenvalue weighted by atomic mass is 10.2. The number of para-hydroxylation sites is 1. The van der Waals surface area contributed by atoms with Crippen LogP contribution >= 0.6 is 11.6 Å². The number of halogens is 1. The Kier molecular flexibility index (Phi) is 9.74. The highest BCUT2D eigenvalue weighted by atomic mass is 35.5. The van der Waals surface area contributed by atoms with Crippen LogP contribution in [0.25, 0.3) is 6.08 Å². The molecule has 0 unspecified atom stereocenters. The maximum Gasteiger partial charge on any atom is 0.267 e. The molecular weight excluding hydrogens is 342 g/mol. The van der Waals surface area contributed by atoms with Gasteiger partial charge in [-0.1, -0.05) is 43.6 Å². The molecule has 1 heterocycles. The number of ether oxygens (including phenoxy) is 1. The van der Waals surface area contributed by atoms with E-state index in [1.165, 1.54) is 17.6 Å². The number of nitrogens with zero attached hydrogens (tertiary/aromatic N) is 1. The molecule has 2 aromatic rings. The first-order chi connectivity index (χ1) is 12.2. The van der Waals surface area contributed by atoms with Crippen molar-refractivity contribution >= 4 is 29.4 Å². The molecule has 6 nitrogen and oxygen atoms in total. The predicted molar refractivity (Wildman–Crippen MR) is 100.0 cm³/mol. The van der Waals surface area contributed by atoms with Crippen molar-refractivity contribution in [1.29, 1.82) is 0 Å². The molecule has 0 aliphatic rings. The monoisotopic (exact) mass is 363 g/mol. The van der Waals surface area contributed by atoms with E-state index in [2.05, 4.69) is 10.3 Å². The molecule has 0 spiro atoms. The molecule has 1 amide bonds. The van der Waals surface area contributed by atoms with Gasteiger partial charge < -0.3 is 10.1 Å². The van der Waals surface area contributed by atoms with Gasteiger partial charge in [-0.05, 0) is 29.8 Å². The Morgan fingerprint density at radius 1 is 1.32 bits per heavy atom. The summed E-state index contributed by atoms with van der Waals surface area (Å²) in [7, 11) is 0. The number of rotatable bonds is 7. The Balaban J connectivity index is 0.00000151. The van der Waals surface area contributed by atoms with E-state index < -0.39 is 5.91 Å². The number of hydrogen-bond donors (Lipinski definition) is 3. The number of nitrogens with one attached hydrogen (secondary N) is 2. The fourth-order valence-electron chi connectivity index (χ4n) is 1.74.